The third-order valence-corrected chi connectivity index (χ3v) is 5.36. The van der Waals surface area contributed by atoms with E-state index in [2.05, 4.69) is 39.5 Å². The molecule has 0 heterocycles. The number of Topliss-reactive ketones (excluding diaryl/α,β-unsaturated/α-hetero) is 1. The molecule has 2 heteroatoms. The third-order valence-electron chi connectivity index (χ3n) is 5.36. The Bertz CT molecular complexity index is 338. The SMILES string of the molecule is CC(C)N(CC1CC1)CC1CC(C(C)(C)C)CCC1=O. The van der Waals surface area contributed by atoms with E-state index in [0.717, 1.165) is 31.7 Å². The van der Waals surface area contributed by atoms with E-state index in [4.69, 9.17) is 0 Å². The molecule has 116 valence electrons. The van der Waals surface area contributed by atoms with E-state index < -0.39 is 0 Å². The molecule has 20 heavy (non-hydrogen) atoms. The van der Waals surface area contributed by atoms with Gasteiger partial charge in [-0.1, -0.05) is 20.8 Å². The van der Waals surface area contributed by atoms with Gasteiger partial charge in [-0.25, -0.2) is 0 Å². The van der Waals surface area contributed by atoms with Crippen molar-refractivity contribution in [3.05, 3.63) is 0 Å². The average molecular weight is 279 g/mol. The summed E-state index contributed by atoms with van der Waals surface area (Å²) in [5, 5.41) is 0. The molecule has 0 N–H and O–H groups in total. The molecule has 0 aromatic rings. The molecule has 0 spiro atoms. The lowest BCUT2D eigenvalue weighted by molar-refractivity contribution is -0.127. The van der Waals surface area contributed by atoms with Crippen molar-refractivity contribution in [1.82, 2.24) is 4.90 Å². The zero-order chi connectivity index (χ0) is 14.9. The summed E-state index contributed by atoms with van der Waals surface area (Å²) >= 11 is 0. The minimum absolute atomic E-state index is 0.286. The molecule has 0 amide bonds. The predicted molar refractivity (Wildman–Crippen MR) is 84.7 cm³/mol. The van der Waals surface area contributed by atoms with Crippen LogP contribution >= 0.6 is 0 Å². The Balaban J connectivity index is 1.95. The summed E-state index contributed by atoms with van der Waals surface area (Å²) in [5.41, 5.74) is 0.345. The Morgan fingerprint density at radius 1 is 1.15 bits per heavy atom. The number of nitrogens with zero attached hydrogens (tertiary/aromatic N) is 1. The highest BCUT2D eigenvalue weighted by Crippen LogP contribution is 2.39. The van der Waals surface area contributed by atoms with Crippen LogP contribution in [-0.4, -0.2) is 29.8 Å². The van der Waals surface area contributed by atoms with Crippen LogP contribution in [0.25, 0.3) is 0 Å². The molecule has 2 saturated carbocycles. The molecule has 0 aliphatic heterocycles. The van der Waals surface area contributed by atoms with Crippen LogP contribution in [0.15, 0.2) is 0 Å². The standard InChI is InChI=1S/C18H33NO/c1-13(2)19(11-14-6-7-14)12-15-10-16(18(3,4)5)8-9-17(15)20/h13-16H,6-12H2,1-5H3. The topological polar surface area (TPSA) is 20.3 Å². The Labute approximate surface area is 125 Å². The first-order chi connectivity index (χ1) is 9.27. The van der Waals surface area contributed by atoms with Gasteiger partial charge in [-0.2, -0.15) is 0 Å². The van der Waals surface area contributed by atoms with Crippen LogP contribution in [0.4, 0.5) is 0 Å². The number of carbonyl (C=O) groups is 1. The van der Waals surface area contributed by atoms with Gasteiger partial charge in [0.1, 0.15) is 5.78 Å². The van der Waals surface area contributed by atoms with Gasteiger partial charge in [0.15, 0.2) is 0 Å². The van der Waals surface area contributed by atoms with Crippen LogP contribution in [0.3, 0.4) is 0 Å². The van der Waals surface area contributed by atoms with E-state index in [1.54, 1.807) is 0 Å². The highest BCUT2D eigenvalue weighted by atomic mass is 16.1. The molecule has 0 radical (unpaired) electrons. The number of carbonyl (C=O) groups excluding carboxylic acids is 1. The molecule has 0 aromatic heterocycles. The summed E-state index contributed by atoms with van der Waals surface area (Å²) < 4.78 is 0. The summed E-state index contributed by atoms with van der Waals surface area (Å²) in [5.74, 6) is 2.43. The van der Waals surface area contributed by atoms with E-state index >= 15 is 0 Å². The van der Waals surface area contributed by atoms with Gasteiger partial charge in [-0.15, -0.1) is 0 Å². The van der Waals surface area contributed by atoms with E-state index in [1.165, 1.54) is 19.4 Å². The Hall–Kier alpha value is -0.370. The van der Waals surface area contributed by atoms with Crippen LogP contribution in [0.1, 0.15) is 66.7 Å². The maximum atomic E-state index is 12.3. The van der Waals surface area contributed by atoms with Gasteiger partial charge in [0.05, 0.1) is 0 Å². The first-order valence-electron chi connectivity index (χ1n) is 8.54. The molecule has 2 rings (SSSR count). The lowest BCUT2D eigenvalue weighted by Crippen LogP contribution is -2.42. The van der Waals surface area contributed by atoms with Gasteiger partial charge in [0.25, 0.3) is 0 Å². The first kappa shape index (κ1) is 16.0. The van der Waals surface area contributed by atoms with Crippen molar-refractivity contribution >= 4 is 5.78 Å². The lowest BCUT2D eigenvalue weighted by Gasteiger charge is -2.39. The fourth-order valence-electron chi connectivity index (χ4n) is 3.49. The number of rotatable bonds is 5. The fraction of sp³-hybridized carbons (Fsp3) is 0.944. The molecule has 2 aliphatic carbocycles. The second kappa shape index (κ2) is 6.17. The Kier molecular flexibility index (Phi) is 4.94. The molecule has 0 aromatic carbocycles. The average Bonchev–Trinajstić information content (AvgIpc) is 3.13. The van der Waals surface area contributed by atoms with Crippen LogP contribution in [0.5, 0.6) is 0 Å². The van der Waals surface area contributed by atoms with E-state index in [1.807, 2.05) is 0 Å². The Morgan fingerprint density at radius 3 is 2.30 bits per heavy atom. The molecule has 0 saturated heterocycles. The maximum Gasteiger partial charge on any atom is 0.137 e. The third kappa shape index (κ3) is 4.31. The zero-order valence-electron chi connectivity index (χ0n) is 14.1. The van der Waals surface area contributed by atoms with Crippen molar-refractivity contribution in [2.24, 2.45) is 23.2 Å². The van der Waals surface area contributed by atoms with Gasteiger partial charge in [0.2, 0.25) is 0 Å². The van der Waals surface area contributed by atoms with Crippen molar-refractivity contribution in [2.45, 2.75) is 72.8 Å². The quantitative estimate of drug-likeness (QED) is 0.754. The van der Waals surface area contributed by atoms with Gasteiger partial charge in [-0.05, 0) is 56.8 Å². The summed E-state index contributed by atoms with van der Waals surface area (Å²) in [4.78, 5) is 14.9. The number of hydrogen-bond acceptors (Lipinski definition) is 2. The molecule has 0 bridgehead atoms. The van der Waals surface area contributed by atoms with Crippen molar-refractivity contribution in [3.8, 4) is 0 Å². The summed E-state index contributed by atoms with van der Waals surface area (Å²) in [6, 6.07) is 0.568. The molecule has 2 fully saturated rings. The van der Waals surface area contributed by atoms with E-state index in [9.17, 15) is 4.79 Å². The zero-order valence-corrected chi connectivity index (χ0v) is 14.1. The predicted octanol–water partition coefficient (Wildman–Crippen LogP) is 4.14. The fourth-order valence-corrected chi connectivity index (χ4v) is 3.49. The van der Waals surface area contributed by atoms with Crippen molar-refractivity contribution < 1.29 is 4.79 Å². The minimum atomic E-state index is 0.286. The molecule has 2 aliphatic rings. The molecular weight excluding hydrogens is 246 g/mol. The molecule has 2 atom stereocenters. The second-order valence-corrected chi connectivity index (χ2v) is 8.49. The highest BCUT2D eigenvalue weighted by molar-refractivity contribution is 5.82. The van der Waals surface area contributed by atoms with Crippen LogP contribution in [0.2, 0.25) is 0 Å². The summed E-state index contributed by atoms with van der Waals surface area (Å²) in [7, 11) is 0. The second-order valence-electron chi connectivity index (χ2n) is 8.49. The van der Waals surface area contributed by atoms with Crippen LogP contribution in [0, 0.1) is 23.2 Å². The molecular formula is C18H33NO. The smallest absolute Gasteiger partial charge is 0.137 e. The number of ketones is 1. The summed E-state index contributed by atoms with van der Waals surface area (Å²) in [6.07, 6.45) is 5.81. The van der Waals surface area contributed by atoms with Crippen LogP contribution in [-0.2, 0) is 4.79 Å². The maximum absolute atomic E-state index is 12.3. The highest BCUT2D eigenvalue weighted by Gasteiger charge is 2.36. The number of hydrogen-bond donors (Lipinski definition) is 0. The van der Waals surface area contributed by atoms with Crippen molar-refractivity contribution in [2.75, 3.05) is 13.1 Å². The van der Waals surface area contributed by atoms with Gasteiger partial charge < -0.3 is 0 Å². The van der Waals surface area contributed by atoms with Crippen molar-refractivity contribution in [1.29, 1.82) is 0 Å². The van der Waals surface area contributed by atoms with Gasteiger partial charge in [-0.3, -0.25) is 9.69 Å². The molecule has 2 nitrogen and oxygen atoms in total. The monoisotopic (exact) mass is 279 g/mol. The summed E-state index contributed by atoms with van der Waals surface area (Å²) in [6.45, 7) is 13.7. The van der Waals surface area contributed by atoms with E-state index in [-0.39, 0.29) is 5.92 Å². The van der Waals surface area contributed by atoms with Crippen LogP contribution < -0.4 is 0 Å². The molecule has 2 unspecified atom stereocenters. The van der Waals surface area contributed by atoms with Gasteiger partial charge >= 0.3 is 0 Å². The van der Waals surface area contributed by atoms with Crippen molar-refractivity contribution in [3.63, 3.8) is 0 Å². The lowest BCUT2D eigenvalue weighted by atomic mass is 9.68. The largest absolute Gasteiger partial charge is 0.300 e. The Morgan fingerprint density at radius 2 is 1.80 bits per heavy atom. The van der Waals surface area contributed by atoms with Gasteiger partial charge in [0, 0.05) is 31.5 Å². The van der Waals surface area contributed by atoms with E-state index in [0.29, 0.717) is 23.2 Å². The minimum Gasteiger partial charge on any atom is -0.300 e. The normalized spacial score (nSPS) is 28.4. The first-order valence-corrected chi connectivity index (χ1v) is 8.54.